The summed E-state index contributed by atoms with van der Waals surface area (Å²) in [5, 5.41) is 11.0. The highest BCUT2D eigenvalue weighted by Crippen LogP contribution is 2.30. The van der Waals surface area contributed by atoms with Crippen LogP contribution >= 0.6 is 0 Å². The van der Waals surface area contributed by atoms with E-state index in [1.54, 1.807) is 0 Å². The van der Waals surface area contributed by atoms with Crippen molar-refractivity contribution in [1.29, 1.82) is 0 Å². The van der Waals surface area contributed by atoms with E-state index < -0.39 is 26.5 Å². The lowest BCUT2D eigenvalue weighted by Crippen LogP contribution is -2.37. The van der Waals surface area contributed by atoms with Crippen molar-refractivity contribution < 1.29 is 22.9 Å². The van der Waals surface area contributed by atoms with Gasteiger partial charge in [-0.15, -0.1) is 0 Å². The lowest BCUT2D eigenvalue weighted by atomic mass is 10.3. The zero-order valence-corrected chi connectivity index (χ0v) is 13.5. The van der Waals surface area contributed by atoms with E-state index in [-0.39, 0.29) is 17.2 Å². The molecule has 1 aromatic rings. The van der Waals surface area contributed by atoms with Gasteiger partial charge in [0.2, 0.25) is 15.9 Å². The lowest BCUT2D eigenvalue weighted by Gasteiger charge is -2.19. The van der Waals surface area contributed by atoms with Gasteiger partial charge in [0.05, 0.1) is 23.5 Å². The molecule has 122 valence electrons. The standard InChI is InChI=1S/C12H17N3O6S/c1-13(2)12(16)8-14(3)22(19,20)9-5-6-11(21-4)10(7-9)15(17)18/h5-7H,8H2,1-4H3. The number of nitro benzene ring substituents is 1. The molecule has 22 heavy (non-hydrogen) atoms. The average molecular weight is 331 g/mol. The minimum absolute atomic E-state index is 0.0454. The fourth-order valence-electron chi connectivity index (χ4n) is 1.57. The van der Waals surface area contributed by atoms with Gasteiger partial charge in [0, 0.05) is 27.2 Å². The van der Waals surface area contributed by atoms with E-state index in [0.717, 1.165) is 10.4 Å². The number of amides is 1. The summed E-state index contributed by atoms with van der Waals surface area (Å²) in [5.41, 5.74) is -0.462. The Labute approximate surface area is 128 Å². The quantitative estimate of drug-likeness (QED) is 0.548. The summed E-state index contributed by atoms with van der Waals surface area (Å²) in [6.45, 7) is -0.366. The number of nitrogens with zero attached hydrogens (tertiary/aromatic N) is 3. The van der Waals surface area contributed by atoms with Gasteiger partial charge in [0.15, 0.2) is 5.75 Å². The molecule has 0 unspecified atom stereocenters. The Bertz CT molecular complexity index is 686. The molecule has 0 aromatic heterocycles. The minimum atomic E-state index is -4.02. The first-order valence-electron chi connectivity index (χ1n) is 6.10. The molecule has 0 aliphatic carbocycles. The highest BCUT2D eigenvalue weighted by Gasteiger charge is 2.27. The van der Waals surface area contributed by atoms with E-state index in [9.17, 15) is 23.3 Å². The Kier molecular flexibility index (Phi) is 5.44. The second-order valence-corrected chi connectivity index (χ2v) is 6.68. The van der Waals surface area contributed by atoms with Gasteiger partial charge < -0.3 is 9.64 Å². The van der Waals surface area contributed by atoms with E-state index in [0.29, 0.717) is 0 Å². The van der Waals surface area contributed by atoms with Crippen molar-refractivity contribution in [3.63, 3.8) is 0 Å². The van der Waals surface area contributed by atoms with Crippen LogP contribution in [-0.4, -0.2) is 63.3 Å². The number of hydrogen-bond donors (Lipinski definition) is 0. The first-order chi connectivity index (χ1) is 10.1. The average Bonchev–Trinajstić information content (AvgIpc) is 2.45. The molecular weight excluding hydrogens is 314 g/mol. The summed E-state index contributed by atoms with van der Waals surface area (Å²) in [7, 11) is 1.46. The number of ether oxygens (including phenoxy) is 1. The third kappa shape index (κ3) is 3.71. The van der Waals surface area contributed by atoms with Crippen molar-refractivity contribution >= 4 is 21.6 Å². The molecule has 0 saturated carbocycles. The summed E-state index contributed by atoms with van der Waals surface area (Å²) in [4.78, 5) is 22.8. The van der Waals surface area contributed by atoms with Crippen LogP contribution in [0.25, 0.3) is 0 Å². The fourth-order valence-corrected chi connectivity index (χ4v) is 2.71. The van der Waals surface area contributed by atoms with Crippen LogP contribution in [0.4, 0.5) is 5.69 Å². The third-order valence-electron chi connectivity index (χ3n) is 2.91. The summed E-state index contributed by atoms with van der Waals surface area (Å²) in [5.74, 6) is -0.454. The van der Waals surface area contributed by atoms with Crippen LogP contribution in [0, 0.1) is 10.1 Å². The first kappa shape index (κ1) is 17.9. The maximum atomic E-state index is 12.4. The lowest BCUT2D eigenvalue weighted by molar-refractivity contribution is -0.386. The Morgan fingerprint density at radius 3 is 2.36 bits per heavy atom. The minimum Gasteiger partial charge on any atom is -0.490 e. The molecule has 0 heterocycles. The van der Waals surface area contributed by atoms with Gasteiger partial charge in [-0.25, -0.2) is 8.42 Å². The van der Waals surface area contributed by atoms with E-state index >= 15 is 0 Å². The van der Waals surface area contributed by atoms with Gasteiger partial charge in [-0.1, -0.05) is 0 Å². The second-order valence-electron chi connectivity index (χ2n) is 4.64. The second kappa shape index (κ2) is 6.71. The number of sulfonamides is 1. The highest BCUT2D eigenvalue weighted by molar-refractivity contribution is 7.89. The highest BCUT2D eigenvalue weighted by atomic mass is 32.2. The van der Waals surface area contributed by atoms with Crippen molar-refractivity contribution in [1.82, 2.24) is 9.21 Å². The summed E-state index contributed by atoms with van der Waals surface area (Å²) >= 11 is 0. The number of carbonyl (C=O) groups is 1. The Morgan fingerprint density at radius 1 is 1.32 bits per heavy atom. The van der Waals surface area contributed by atoms with E-state index in [1.165, 1.54) is 45.3 Å². The van der Waals surface area contributed by atoms with Crippen LogP contribution in [-0.2, 0) is 14.8 Å². The number of likely N-dealkylation sites (N-methyl/N-ethyl adjacent to an activating group) is 2. The molecule has 0 radical (unpaired) electrons. The molecule has 0 spiro atoms. The van der Waals surface area contributed by atoms with Crippen molar-refractivity contribution in [3.05, 3.63) is 28.3 Å². The van der Waals surface area contributed by atoms with Gasteiger partial charge in [-0.3, -0.25) is 14.9 Å². The molecule has 0 bridgehead atoms. The van der Waals surface area contributed by atoms with Gasteiger partial charge in [-0.2, -0.15) is 4.31 Å². The maximum Gasteiger partial charge on any atom is 0.312 e. The van der Waals surface area contributed by atoms with Crippen LogP contribution in [0.5, 0.6) is 5.75 Å². The molecule has 0 atom stereocenters. The van der Waals surface area contributed by atoms with Crippen molar-refractivity contribution in [2.75, 3.05) is 34.8 Å². The molecule has 0 aliphatic rings. The van der Waals surface area contributed by atoms with E-state index in [2.05, 4.69) is 0 Å². The van der Waals surface area contributed by atoms with Crippen molar-refractivity contribution in [2.24, 2.45) is 0 Å². The smallest absolute Gasteiger partial charge is 0.312 e. The SMILES string of the molecule is COc1ccc(S(=O)(=O)N(C)CC(=O)N(C)C)cc1[N+](=O)[O-]. The largest absolute Gasteiger partial charge is 0.490 e. The van der Waals surface area contributed by atoms with Gasteiger partial charge in [-0.05, 0) is 12.1 Å². The van der Waals surface area contributed by atoms with Crippen LogP contribution in [0.1, 0.15) is 0 Å². The zero-order chi connectivity index (χ0) is 17.1. The molecule has 0 aliphatic heterocycles. The third-order valence-corrected chi connectivity index (χ3v) is 4.71. The zero-order valence-electron chi connectivity index (χ0n) is 12.6. The number of nitro groups is 1. The maximum absolute atomic E-state index is 12.4. The molecular formula is C12H17N3O6S. The molecule has 0 saturated heterocycles. The normalized spacial score (nSPS) is 11.3. The van der Waals surface area contributed by atoms with E-state index in [1.807, 2.05) is 0 Å². The molecule has 0 N–H and O–H groups in total. The predicted molar refractivity (Wildman–Crippen MR) is 78.2 cm³/mol. The monoisotopic (exact) mass is 331 g/mol. The van der Waals surface area contributed by atoms with Crippen LogP contribution in [0.3, 0.4) is 0 Å². The molecule has 1 amide bonds. The number of hydrogen-bond acceptors (Lipinski definition) is 6. The number of carbonyl (C=O) groups excluding carboxylic acids is 1. The Balaban J connectivity index is 3.20. The van der Waals surface area contributed by atoms with Crippen molar-refractivity contribution in [2.45, 2.75) is 4.90 Å². The van der Waals surface area contributed by atoms with Gasteiger partial charge >= 0.3 is 5.69 Å². The topological polar surface area (TPSA) is 110 Å². The van der Waals surface area contributed by atoms with Crippen LogP contribution < -0.4 is 4.74 Å². The summed E-state index contributed by atoms with van der Waals surface area (Å²) in [6.07, 6.45) is 0. The first-order valence-corrected chi connectivity index (χ1v) is 7.54. The molecule has 0 fully saturated rings. The molecule has 1 aromatic carbocycles. The Morgan fingerprint density at radius 2 is 1.91 bits per heavy atom. The molecule has 9 nitrogen and oxygen atoms in total. The fraction of sp³-hybridized carbons (Fsp3) is 0.417. The van der Waals surface area contributed by atoms with Crippen LogP contribution in [0.15, 0.2) is 23.1 Å². The molecule has 1 rings (SSSR count). The summed E-state index contributed by atoms with van der Waals surface area (Å²) in [6, 6.07) is 3.30. The van der Waals surface area contributed by atoms with Crippen molar-refractivity contribution in [3.8, 4) is 5.75 Å². The number of benzene rings is 1. The number of methoxy groups -OCH3 is 1. The number of rotatable bonds is 6. The van der Waals surface area contributed by atoms with Gasteiger partial charge in [0.25, 0.3) is 0 Å². The van der Waals surface area contributed by atoms with E-state index in [4.69, 9.17) is 4.74 Å². The van der Waals surface area contributed by atoms with Gasteiger partial charge in [0.1, 0.15) is 0 Å². The predicted octanol–water partition coefficient (Wildman–Crippen LogP) is 0.312. The van der Waals surface area contributed by atoms with Crippen LogP contribution in [0.2, 0.25) is 0 Å². The Hall–Kier alpha value is -2.20. The summed E-state index contributed by atoms with van der Waals surface area (Å²) < 4.78 is 30.4. The molecule has 10 heteroatoms.